The summed E-state index contributed by atoms with van der Waals surface area (Å²) in [5.41, 5.74) is 0.669. The van der Waals surface area contributed by atoms with Crippen LogP contribution in [0.3, 0.4) is 0 Å². The summed E-state index contributed by atoms with van der Waals surface area (Å²) >= 11 is 1.50. The number of phenolic OH excluding ortho intramolecular Hbond substituents is 1. The van der Waals surface area contributed by atoms with Gasteiger partial charge < -0.3 is 5.11 Å². The van der Waals surface area contributed by atoms with Crippen molar-refractivity contribution in [2.75, 3.05) is 0 Å². The van der Waals surface area contributed by atoms with Gasteiger partial charge in [-0.05, 0) is 29.7 Å². The Labute approximate surface area is 121 Å². The largest absolute Gasteiger partial charge is 0.507 e. The van der Waals surface area contributed by atoms with Gasteiger partial charge in [0.15, 0.2) is 0 Å². The Morgan fingerprint density at radius 3 is 2.25 bits per heavy atom. The van der Waals surface area contributed by atoms with Crippen molar-refractivity contribution in [3.63, 3.8) is 0 Å². The lowest BCUT2D eigenvalue weighted by Crippen LogP contribution is -1.83. The number of benzene rings is 3. The van der Waals surface area contributed by atoms with Gasteiger partial charge in [-0.25, -0.2) is 0 Å². The molecule has 20 heavy (non-hydrogen) atoms. The van der Waals surface area contributed by atoms with E-state index in [2.05, 4.69) is 6.07 Å². The number of phenols is 1. The molecule has 1 N–H and O–H groups in total. The van der Waals surface area contributed by atoms with Crippen molar-refractivity contribution < 1.29 is 5.11 Å². The minimum absolute atomic E-state index is 0.269. The zero-order valence-electron chi connectivity index (χ0n) is 10.6. The predicted octanol–water partition coefficient (Wildman–Crippen LogP) is 4.57. The molecule has 0 saturated carbocycles. The van der Waals surface area contributed by atoms with Gasteiger partial charge in [0, 0.05) is 10.3 Å². The maximum absolute atomic E-state index is 9.87. The fourth-order valence-corrected chi connectivity index (χ4v) is 3.10. The van der Waals surface area contributed by atoms with Gasteiger partial charge in [0.2, 0.25) is 0 Å². The summed E-state index contributed by atoms with van der Waals surface area (Å²) in [6, 6.07) is 21.1. The van der Waals surface area contributed by atoms with Gasteiger partial charge in [0.05, 0.1) is 16.5 Å². The fraction of sp³-hybridized carbons (Fsp3) is 0. The quantitative estimate of drug-likeness (QED) is 0.746. The molecule has 0 fully saturated rings. The normalized spacial score (nSPS) is 10.3. The van der Waals surface area contributed by atoms with E-state index in [1.54, 1.807) is 12.1 Å². The van der Waals surface area contributed by atoms with E-state index in [-0.39, 0.29) is 5.75 Å². The molecular formula is C17H11NOS. The minimum Gasteiger partial charge on any atom is -0.507 e. The number of rotatable bonds is 2. The third kappa shape index (κ3) is 2.22. The zero-order chi connectivity index (χ0) is 13.9. The highest BCUT2D eigenvalue weighted by atomic mass is 32.2. The molecule has 0 bridgehead atoms. The molecule has 2 nitrogen and oxygen atoms in total. The third-order valence-electron chi connectivity index (χ3n) is 3.09. The van der Waals surface area contributed by atoms with Gasteiger partial charge in [0.25, 0.3) is 0 Å². The number of hydrogen-bond donors (Lipinski definition) is 1. The number of fused-ring (bicyclic) bond motifs is 1. The number of hydrogen-bond acceptors (Lipinski definition) is 3. The molecule has 0 aliphatic rings. The molecular weight excluding hydrogens is 266 g/mol. The van der Waals surface area contributed by atoms with Crippen LogP contribution < -0.4 is 0 Å². The summed E-state index contributed by atoms with van der Waals surface area (Å²) < 4.78 is 0. The Bertz CT molecular complexity index is 821. The third-order valence-corrected chi connectivity index (χ3v) is 4.23. The Balaban J connectivity index is 2.14. The van der Waals surface area contributed by atoms with Gasteiger partial charge in [0.1, 0.15) is 5.75 Å². The fourth-order valence-electron chi connectivity index (χ4n) is 2.12. The average Bonchev–Trinajstić information content (AvgIpc) is 2.50. The van der Waals surface area contributed by atoms with Crippen molar-refractivity contribution >= 4 is 22.5 Å². The Morgan fingerprint density at radius 1 is 0.800 bits per heavy atom. The van der Waals surface area contributed by atoms with Crippen LogP contribution in [0.1, 0.15) is 5.56 Å². The maximum Gasteiger partial charge on any atom is 0.129 e. The van der Waals surface area contributed by atoms with Crippen LogP contribution in [-0.2, 0) is 0 Å². The van der Waals surface area contributed by atoms with E-state index in [1.165, 1.54) is 11.8 Å². The second-order valence-corrected chi connectivity index (χ2v) is 5.42. The highest BCUT2D eigenvalue weighted by Crippen LogP contribution is 2.38. The number of nitrogens with zero attached hydrogens (tertiary/aromatic N) is 1. The maximum atomic E-state index is 9.87. The van der Waals surface area contributed by atoms with Crippen molar-refractivity contribution in [3.05, 3.63) is 66.2 Å². The molecule has 3 heteroatoms. The number of aromatic hydroxyl groups is 1. The van der Waals surface area contributed by atoms with E-state index >= 15 is 0 Å². The Morgan fingerprint density at radius 2 is 1.50 bits per heavy atom. The summed E-state index contributed by atoms with van der Waals surface area (Å²) in [4.78, 5) is 1.84. The molecule has 3 rings (SSSR count). The Kier molecular flexibility index (Phi) is 3.32. The van der Waals surface area contributed by atoms with Crippen molar-refractivity contribution in [2.24, 2.45) is 0 Å². The van der Waals surface area contributed by atoms with E-state index in [0.29, 0.717) is 5.56 Å². The lowest BCUT2D eigenvalue weighted by Gasteiger charge is -2.08. The monoisotopic (exact) mass is 277 g/mol. The van der Waals surface area contributed by atoms with Gasteiger partial charge in [-0.2, -0.15) is 5.26 Å². The molecule has 96 valence electrons. The van der Waals surface area contributed by atoms with Crippen molar-refractivity contribution in [2.45, 2.75) is 9.79 Å². The molecule has 0 spiro atoms. The summed E-state index contributed by atoms with van der Waals surface area (Å²) in [6.45, 7) is 0. The molecule has 0 radical (unpaired) electrons. The van der Waals surface area contributed by atoms with E-state index in [0.717, 1.165) is 20.6 Å². The summed E-state index contributed by atoms with van der Waals surface area (Å²) in [5, 5.41) is 21.0. The molecule has 0 unspecified atom stereocenters. The minimum atomic E-state index is 0.269. The second-order valence-electron chi connectivity index (χ2n) is 4.34. The lowest BCUT2D eigenvalue weighted by atomic mass is 10.1. The van der Waals surface area contributed by atoms with Gasteiger partial charge in [-0.15, -0.1) is 0 Å². The first-order valence-corrected chi connectivity index (χ1v) is 6.99. The van der Waals surface area contributed by atoms with Crippen LogP contribution in [0.4, 0.5) is 0 Å². The van der Waals surface area contributed by atoms with Crippen LogP contribution >= 0.6 is 11.8 Å². The van der Waals surface area contributed by atoms with Crippen LogP contribution in [0.5, 0.6) is 5.75 Å². The average molecular weight is 277 g/mol. The molecule has 3 aromatic rings. The molecule has 0 aromatic heterocycles. The zero-order valence-corrected chi connectivity index (χ0v) is 11.4. The van der Waals surface area contributed by atoms with E-state index < -0.39 is 0 Å². The van der Waals surface area contributed by atoms with Crippen LogP contribution in [0.25, 0.3) is 10.8 Å². The molecule has 0 saturated heterocycles. The van der Waals surface area contributed by atoms with E-state index in [9.17, 15) is 5.11 Å². The Hall–Kier alpha value is -2.44. The van der Waals surface area contributed by atoms with Crippen LogP contribution in [-0.4, -0.2) is 5.11 Å². The summed E-state index contributed by atoms with van der Waals surface area (Å²) in [7, 11) is 0. The highest BCUT2D eigenvalue weighted by molar-refractivity contribution is 7.99. The number of nitriles is 1. The standard InChI is InChI=1S/C17H11NOS/c18-11-12-9-10-16(14-6-2-1-5-13(12)14)20-17-8-4-3-7-15(17)19/h1-10,19H. The van der Waals surface area contributed by atoms with Crippen molar-refractivity contribution in [1.82, 2.24) is 0 Å². The molecule has 0 atom stereocenters. The summed E-state index contributed by atoms with van der Waals surface area (Å²) in [5.74, 6) is 0.269. The smallest absolute Gasteiger partial charge is 0.129 e. The van der Waals surface area contributed by atoms with Crippen molar-refractivity contribution in [3.8, 4) is 11.8 Å². The first-order chi connectivity index (χ1) is 9.79. The van der Waals surface area contributed by atoms with Gasteiger partial charge in [-0.3, -0.25) is 0 Å². The van der Waals surface area contributed by atoms with Crippen LogP contribution in [0, 0.1) is 11.3 Å². The van der Waals surface area contributed by atoms with E-state index in [4.69, 9.17) is 5.26 Å². The second kappa shape index (κ2) is 5.28. The molecule has 0 aliphatic heterocycles. The predicted molar refractivity (Wildman–Crippen MR) is 80.9 cm³/mol. The molecule has 0 heterocycles. The molecule has 0 aliphatic carbocycles. The number of para-hydroxylation sites is 1. The van der Waals surface area contributed by atoms with Crippen LogP contribution in [0.2, 0.25) is 0 Å². The van der Waals surface area contributed by atoms with Gasteiger partial charge in [-0.1, -0.05) is 48.2 Å². The van der Waals surface area contributed by atoms with Crippen molar-refractivity contribution in [1.29, 1.82) is 5.26 Å². The van der Waals surface area contributed by atoms with E-state index in [1.807, 2.05) is 48.5 Å². The summed E-state index contributed by atoms with van der Waals surface area (Å²) in [6.07, 6.45) is 0. The molecule has 3 aromatic carbocycles. The lowest BCUT2D eigenvalue weighted by molar-refractivity contribution is 0.462. The van der Waals surface area contributed by atoms with Crippen LogP contribution in [0.15, 0.2) is 70.5 Å². The first kappa shape index (κ1) is 12.6. The van der Waals surface area contributed by atoms with Gasteiger partial charge >= 0.3 is 0 Å². The highest BCUT2D eigenvalue weighted by Gasteiger charge is 2.08. The molecule has 0 amide bonds. The topological polar surface area (TPSA) is 44.0 Å². The first-order valence-electron chi connectivity index (χ1n) is 6.17. The SMILES string of the molecule is N#Cc1ccc(Sc2ccccc2O)c2ccccc12.